The highest BCUT2D eigenvalue weighted by Crippen LogP contribution is 2.39. The van der Waals surface area contributed by atoms with Gasteiger partial charge in [0.15, 0.2) is 0 Å². The van der Waals surface area contributed by atoms with E-state index in [4.69, 9.17) is 0 Å². The Balaban J connectivity index is 1.55. The molecule has 6 nitrogen and oxygen atoms in total. The van der Waals surface area contributed by atoms with Crippen molar-refractivity contribution in [3.05, 3.63) is 71.9 Å². The molecule has 0 saturated carbocycles. The third kappa shape index (κ3) is 3.66. The normalized spacial score (nSPS) is 13.3. The van der Waals surface area contributed by atoms with Crippen molar-refractivity contribution in [3.8, 4) is 5.69 Å². The number of hydrogen-bond donors (Lipinski definition) is 1. The second-order valence-electron chi connectivity index (χ2n) is 6.52. The predicted molar refractivity (Wildman–Crippen MR) is 110 cm³/mol. The minimum absolute atomic E-state index is 0.0133. The molecule has 1 N–H and O–H groups in total. The van der Waals surface area contributed by atoms with E-state index < -0.39 is 0 Å². The Hall–Kier alpha value is -3.06. The number of fused-ring (bicyclic) bond motifs is 1. The van der Waals surface area contributed by atoms with Gasteiger partial charge < -0.3 is 5.32 Å². The van der Waals surface area contributed by atoms with E-state index in [1.807, 2.05) is 72.3 Å². The van der Waals surface area contributed by atoms with Crippen molar-refractivity contribution in [2.45, 2.75) is 18.5 Å². The summed E-state index contributed by atoms with van der Waals surface area (Å²) in [4.78, 5) is 26.6. The lowest BCUT2D eigenvalue weighted by Gasteiger charge is -2.27. The maximum Gasteiger partial charge on any atom is 0.240 e. The molecular weight excluding hydrogens is 372 g/mol. The molecule has 0 radical (unpaired) electrons. The third-order valence-corrected chi connectivity index (χ3v) is 5.56. The highest BCUT2D eigenvalue weighted by molar-refractivity contribution is 8.00. The van der Waals surface area contributed by atoms with E-state index in [0.717, 1.165) is 27.7 Å². The fraction of sp³-hybridized carbons (Fsp3) is 0.190. The third-order valence-electron chi connectivity index (χ3n) is 4.53. The number of aryl methyl sites for hydroxylation is 1. The zero-order chi connectivity index (χ0) is 19.5. The average molecular weight is 392 g/mol. The van der Waals surface area contributed by atoms with E-state index in [1.165, 1.54) is 11.8 Å². The smallest absolute Gasteiger partial charge is 0.240 e. The van der Waals surface area contributed by atoms with E-state index in [9.17, 15) is 9.59 Å². The van der Waals surface area contributed by atoms with Crippen LogP contribution in [0.15, 0.2) is 65.7 Å². The Morgan fingerprint density at radius 3 is 2.50 bits per heavy atom. The van der Waals surface area contributed by atoms with Crippen LogP contribution >= 0.6 is 11.8 Å². The summed E-state index contributed by atoms with van der Waals surface area (Å²) >= 11 is 1.46. The summed E-state index contributed by atoms with van der Waals surface area (Å²) in [6, 6.07) is 19.5. The minimum atomic E-state index is -0.193. The van der Waals surface area contributed by atoms with E-state index in [0.29, 0.717) is 6.54 Å². The molecule has 2 heterocycles. The standard InChI is InChI=1S/C21H20N4O2S/c1-15-20-21(25(23-15)17-10-6-3-7-11-17)28-14-19(27)24(20)13-18(26)22-12-16-8-4-2-5-9-16/h2-11H,12-14H2,1H3,(H,22,26). The summed E-state index contributed by atoms with van der Waals surface area (Å²) in [6.07, 6.45) is 0. The second-order valence-corrected chi connectivity index (χ2v) is 7.48. The molecule has 142 valence electrons. The summed E-state index contributed by atoms with van der Waals surface area (Å²) in [5, 5.41) is 8.40. The molecule has 0 atom stereocenters. The van der Waals surface area contributed by atoms with Gasteiger partial charge in [-0.2, -0.15) is 5.10 Å². The molecule has 1 aliphatic rings. The average Bonchev–Trinajstić information content (AvgIpc) is 3.07. The van der Waals surface area contributed by atoms with Crippen LogP contribution in [0.5, 0.6) is 0 Å². The van der Waals surface area contributed by atoms with E-state index >= 15 is 0 Å². The van der Waals surface area contributed by atoms with Crippen LogP contribution in [0.3, 0.4) is 0 Å². The van der Waals surface area contributed by atoms with Crippen molar-refractivity contribution in [3.63, 3.8) is 0 Å². The highest BCUT2D eigenvalue weighted by Gasteiger charge is 2.32. The predicted octanol–water partition coefficient (Wildman–Crippen LogP) is 2.94. The van der Waals surface area contributed by atoms with E-state index in [2.05, 4.69) is 10.4 Å². The molecule has 0 saturated heterocycles. The molecule has 3 aromatic rings. The van der Waals surface area contributed by atoms with Crippen LogP contribution in [0.1, 0.15) is 11.3 Å². The number of carbonyl (C=O) groups excluding carboxylic acids is 2. The first-order valence-electron chi connectivity index (χ1n) is 9.02. The number of carbonyl (C=O) groups is 2. The van der Waals surface area contributed by atoms with Crippen LogP contribution in [0.25, 0.3) is 5.69 Å². The van der Waals surface area contributed by atoms with Crippen molar-refractivity contribution in [2.24, 2.45) is 0 Å². The van der Waals surface area contributed by atoms with Crippen molar-refractivity contribution < 1.29 is 9.59 Å². The van der Waals surface area contributed by atoms with E-state index in [-0.39, 0.29) is 24.1 Å². The van der Waals surface area contributed by atoms with Crippen molar-refractivity contribution in [1.82, 2.24) is 15.1 Å². The van der Waals surface area contributed by atoms with Crippen LogP contribution < -0.4 is 10.2 Å². The summed E-state index contributed by atoms with van der Waals surface area (Å²) in [6.45, 7) is 2.29. The van der Waals surface area contributed by atoms with Crippen LogP contribution in [-0.4, -0.2) is 33.9 Å². The second kappa shape index (κ2) is 7.90. The van der Waals surface area contributed by atoms with Crippen LogP contribution in [0.2, 0.25) is 0 Å². The lowest BCUT2D eigenvalue weighted by Crippen LogP contribution is -2.43. The van der Waals surface area contributed by atoms with Gasteiger partial charge in [-0.25, -0.2) is 4.68 Å². The Morgan fingerprint density at radius 2 is 1.79 bits per heavy atom. The Morgan fingerprint density at radius 1 is 1.11 bits per heavy atom. The van der Waals surface area contributed by atoms with Gasteiger partial charge in [-0.1, -0.05) is 60.3 Å². The molecule has 2 aromatic carbocycles. The molecule has 2 amide bonds. The molecule has 4 rings (SSSR count). The molecule has 0 bridgehead atoms. The molecule has 0 spiro atoms. The molecule has 0 unspecified atom stereocenters. The van der Waals surface area contributed by atoms with Crippen molar-refractivity contribution in [2.75, 3.05) is 17.2 Å². The van der Waals surface area contributed by atoms with Crippen LogP contribution in [0, 0.1) is 6.92 Å². The van der Waals surface area contributed by atoms with Gasteiger partial charge in [-0.15, -0.1) is 0 Å². The van der Waals surface area contributed by atoms with Gasteiger partial charge in [-0.05, 0) is 24.6 Å². The summed E-state index contributed by atoms with van der Waals surface area (Å²) < 4.78 is 1.84. The van der Waals surface area contributed by atoms with Gasteiger partial charge in [0, 0.05) is 6.54 Å². The van der Waals surface area contributed by atoms with E-state index in [1.54, 1.807) is 4.90 Å². The number of thioether (sulfide) groups is 1. The first-order chi connectivity index (χ1) is 13.6. The Kier molecular flexibility index (Phi) is 5.16. The van der Waals surface area contributed by atoms with Gasteiger partial charge in [0.25, 0.3) is 0 Å². The summed E-state index contributed by atoms with van der Waals surface area (Å²) in [5.74, 6) is 0.0155. The lowest BCUT2D eigenvalue weighted by molar-refractivity contribution is -0.123. The number of rotatable bonds is 5. The quantitative estimate of drug-likeness (QED) is 0.725. The molecule has 1 aliphatic heterocycles. The van der Waals surface area contributed by atoms with Gasteiger partial charge in [0.1, 0.15) is 11.6 Å². The maximum atomic E-state index is 12.6. The SMILES string of the molecule is Cc1nn(-c2ccccc2)c2c1N(CC(=O)NCc1ccccc1)C(=O)CS2. The zero-order valence-electron chi connectivity index (χ0n) is 15.5. The Labute approximate surface area is 167 Å². The minimum Gasteiger partial charge on any atom is -0.350 e. The Bertz CT molecular complexity index is 1000. The number of anilines is 1. The van der Waals surface area contributed by atoms with Crippen LogP contribution in [-0.2, 0) is 16.1 Å². The molecule has 0 fully saturated rings. The van der Waals surface area contributed by atoms with Gasteiger partial charge in [0.05, 0.1) is 22.8 Å². The number of nitrogens with one attached hydrogen (secondary N) is 1. The number of nitrogens with zero attached hydrogens (tertiary/aromatic N) is 3. The summed E-state index contributed by atoms with van der Waals surface area (Å²) in [7, 11) is 0. The number of hydrogen-bond acceptors (Lipinski definition) is 4. The van der Waals surface area contributed by atoms with Crippen LogP contribution in [0.4, 0.5) is 5.69 Å². The molecule has 1 aromatic heterocycles. The fourth-order valence-corrected chi connectivity index (χ4v) is 4.26. The highest BCUT2D eigenvalue weighted by atomic mass is 32.2. The molecular formula is C21H20N4O2S. The first-order valence-corrected chi connectivity index (χ1v) is 10.0. The largest absolute Gasteiger partial charge is 0.350 e. The topological polar surface area (TPSA) is 67.2 Å². The number of amides is 2. The molecule has 7 heteroatoms. The molecule has 0 aliphatic carbocycles. The lowest BCUT2D eigenvalue weighted by atomic mass is 10.2. The fourth-order valence-electron chi connectivity index (χ4n) is 3.18. The molecule has 28 heavy (non-hydrogen) atoms. The summed E-state index contributed by atoms with van der Waals surface area (Å²) in [5.41, 5.74) is 3.41. The van der Waals surface area contributed by atoms with Crippen molar-refractivity contribution >= 4 is 29.3 Å². The maximum absolute atomic E-state index is 12.6. The zero-order valence-corrected chi connectivity index (χ0v) is 16.3. The van der Waals surface area contributed by atoms with Gasteiger partial charge in [0.2, 0.25) is 11.8 Å². The number of aromatic nitrogens is 2. The monoisotopic (exact) mass is 392 g/mol. The van der Waals surface area contributed by atoms with Gasteiger partial charge in [-0.3, -0.25) is 14.5 Å². The number of para-hydroxylation sites is 1. The van der Waals surface area contributed by atoms with Gasteiger partial charge >= 0.3 is 0 Å². The van der Waals surface area contributed by atoms with Crippen molar-refractivity contribution in [1.29, 1.82) is 0 Å². The first kappa shape index (κ1) is 18.3. The number of benzene rings is 2.